The molecule has 8 heteroatoms. The molecule has 0 saturated carbocycles. The van der Waals surface area contributed by atoms with Gasteiger partial charge in [0.1, 0.15) is 0 Å². The predicted molar refractivity (Wildman–Crippen MR) is 115 cm³/mol. The van der Waals surface area contributed by atoms with Gasteiger partial charge in [-0.25, -0.2) is 4.98 Å². The minimum Gasteiger partial charge on any atom is -0.411 e. The summed E-state index contributed by atoms with van der Waals surface area (Å²) < 4.78 is 8.62. The van der Waals surface area contributed by atoms with Crippen molar-refractivity contribution in [1.29, 1.82) is 0 Å². The number of nitrogens with zero attached hydrogens (tertiary/aromatic N) is 1. The second-order valence-electron chi connectivity index (χ2n) is 7.90. The summed E-state index contributed by atoms with van der Waals surface area (Å²) in [5.74, 6) is -0.0673. The van der Waals surface area contributed by atoms with Gasteiger partial charge in [0.15, 0.2) is 4.34 Å². The lowest BCUT2D eigenvalue weighted by atomic mass is 9.67. The summed E-state index contributed by atoms with van der Waals surface area (Å²) in [7, 11) is 2.39. The van der Waals surface area contributed by atoms with Crippen LogP contribution in [-0.2, 0) is 9.22 Å². The topological polar surface area (TPSA) is 51.2 Å². The summed E-state index contributed by atoms with van der Waals surface area (Å²) in [6.45, 7) is 12.8. The minimum atomic E-state index is -0.930. The number of hydrogen-bond donors (Lipinski definition) is 1. The highest BCUT2D eigenvalue weighted by Crippen LogP contribution is 2.50. The van der Waals surface area contributed by atoms with Crippen LogP contribution in [0.1, 0.15) is 27.7 Å². The van der Waals surface area contributed by atoms with Crippen LogP contribution in [0.4, 0.5) is 0 Å². The molecule has 26 heavy (non-hydrogen) atoms. The highest BCUT2D eigenvalue weighted by molar-refractivity contribution is 8.77. The maximum absolute atomic E-state index is 12.5. The first-order valence-corrected chi connectivity index (χ1v) is 14.0. The SMILES string of the molecule is C[Si](C)OC(C)([C@H]1C(=O)N[C@@H]1SSc1nc2ccccc2s1)C(C)(C)C. The van der Waals surface area contributed by atoms with Gasteiger partial charge in [0.2, 0.25) is 14.9 Å². The molecule has 1 aromatic heterocycles. The minimum absolute atomic E-state index is 0.0325. The molecule has 1 fully saturated rings. The van der Waals surface area contributed by atoms with Crippen LogP contribution in [0.5, 0.6) is 0 Å². The van der Waals surface area contributed by atoms with E-state index in [9.17, 15) is 4.79 Å². The van der Waals surface area contributed by atoms with Crippen molar-refractivity contribution in [2.45, 2.75) is 56.1 Å². The monoisotopic (exact) mass is 425 g/mol. The van der Waals surface area contributed by atoms with Crippen LogP contribution in [0.2, 0.25) is 13.1 Å². The Bertz CT molecular complexity index is 772. The van der Waals surface area contributed by atoms with E-state index in [2.05, 4.69) is 57.2 Å². The average Bonchev–Trinajstić information content (AvgIpc) is 2.91. The Labute approximate surface area is 169 Å². The lowest BCUT2D eigenvalue weighted by Gasteiger charge is -2.53. The van der Waals surface area contributed by atoms with Gasteiger partial charge in [-0.05, 0) is 48.4 Å². The van der Waals surface area contributed by atoms with Gasteiger partial charge in [-0.3, -0.25) is 4.79 Å². The third kappa shape index (κ3) is 3.85. The number of thiazole rings is 1. The quantitative estimate of drug-likeness (QED) is 0.392. The van der Waals surface area contributed by atoms with Crippen LogP contribution in [0.15, 0.2) is 28.6 Å². The summed E-state index contributed by atoms with van der Waals surface area (Å²) in [4.78, 5) is 17.1. The van der Waals surface area contributed by atoms with Gasteiger partial charge in [-0.2, -0.15) is 0 Å². The van der Waals surface area contributed by atoms with E-state index in [0.717, 1.165) is 9.86 Å². The van der Waals surface area contributed by atoms with E-state index in [-0.39, 0.29) is 22.6 Å². The van der Waals surface area contributed by atoms with Gasteiger partial charge in [0.05, 0.1) is 27.1 Å². The van der Waals surface area contributed by atoms with Gasteiger partial charge in [-0.15, -0.1) is 11.3 Å². The fourth-order valence-electron chi connectivity index (χ4n) is 3.06. The van der Waals surface area contributed by atoms with Crippen molar-refractivity contribution < 1.29 is 9.22 Å². The average molecular weight is 426 g/mol. The number of hydrogen-bond acceptors (Lipinski definition) is 6. The van der Waals surface area contributed by atoms with Crippen molar-refractivity contribution in [3.8, 4) is 0 Å². The number of aromatic nitrogens is 1. The number of carbonyl (C=O) groups is 1. The molecule has 1 radical (unpaired) electrons. The zero-order chi connectivity index (χ0) is 19.1. The molecule has 4 nitrogen and oxygen atoms in total. The zero-order valence-electron chi connectivity index (χ0n) is 16.0. The smallest absolute Gasteiger partial charge is 0.229 e. The Balaban J connectivity index is 1.74. The normalized spacial score (nSPS) is 23.0. The molecule has 3 rings (SSSR count). The van der Waals surface area contributed by atoms with Gasteiger partial charge >= 0.3 is 0 Å². The summed E-state index contributed by atoms with van der Waals surface area (Å²) in [6.07, 6.45) is 0. The van der Waals surface area contributed by atoms with E-state index < -0.39 is 14.6 Å². The first-order valence-electron chi connectivity index (χ1n) is 8.60. The molecule has 2 aromatic rings. The van der Waals surface area contributed by atoms with Crippen LogP contribution in [0.25, 0.3) is 10.2 Å². The second kappa shape index (κ2) is 7.47. The molecule has 1 aliphatic rings. The van der Waals surface area contributed by atoms with E-state index in [4.69, 9.17) is 4.43 Å². The number of rotatable bonds is 6. The lowest BCUT2D eigenvalue weighted by Crippen LogP contribution is -2.69. The van der Waals surface area contributed by atoms with Crippen LogP contribution < -0.4 is 5.32 Å². The largest absolute Gasteiger partial charge is 0.411 e. The van der Waals surface area contributed by atoms with Gasteiger partial charge in [0.25, 0.3) is 0 Å². The van der Waals surface area contributed by atoms with Gasteiger partial charge < -0.3 is 9.74 Å². The van der Waals surface area contributed by atoms with E-state index >= 15 is 0 Å². The molecule has 3 atom stereocenters. The summed E-state index contributed by atoms with van der Waals surface area (Å²) in [6, 6.07) is 8.16. The van der Waals surface area contributed by atoms with Gasteiger partial charge in [-0.1, -0.05) is 43.7 Å². The Morgan fingerprint density at radius 3 is 2.50 bits per heavy atom. The molecular formula is C18H25N2O2S3Si. The Morgan fingerprint density at radius 1 is 1.23 bits per heavy atom. The third-order valence-corrected chi connectivity index (χ3v) is 9.66. The molecule has 1 aromatic carbocycles. The molecule has 1 amide bonds. The molecule has 1 N–H and O–H groups in total. The van der Waals surface area contributed by atoms with E-state index in [0.29, 0.717) is 0 Å². The number of carbonyl (C=O) groups excluding carboxylic acids is 1. The van der Waals surface area contributed by atoms with Crippen molar-refractivity contribution in [2.24, 2.45) is 11.3 Å². The lowest BCUT2D eigenvalue weighted by molar-refractivity contribution is -0.153. The zero-order valence-corrected chi connectivity index (χ0v) is 19.4. The maximum atomic E-state index is 12.5. The Morgan fingerprint density at radius 2 is 1.92 bits per heavy atom. The molecule has 0 aliphatic carbocycles. The van der Waals surface area contributed by atoms with Crippen LogP contribution in [0, 0.1) is 11.3 Å². The first kappa shape index (κ1) is 20.2. The molecule has 1 saturated heterocycles. The van der Waals surface area contributed by atoms with E-state index in [1.165, 1.54) is 4.70 Å². The standard InChI is InChI=1S/C18H25N2O2S3Si/c1-17(2,3)18(4,22-26(5)6)13-14(21)20-15(13)24-25-16-19-11-9-7-8-10-12(11)23-16/h7-10,13,15H,1-6H3,(H,20,21)/t13-,15+,18?/m0/s1. The van der Waals surface area contributed by atoms with Crippen molar-refractivity contribution in [3.05, 3.63) is 24.3 Å². The Kier molecular flexibility index (Phi) is 5.80. The number of para-hydroxylation sites is 1. The fourth-order valence-corrected chi connectivity index (χ4v) is 8.23. The van der Waals surface area contributed by atoms with Crippen molar-refractivity contribution in [3.63, 3.8) is 0 Å². The van der Waals surface area contributed by atoms with Gasteiger partial charge in [0, 0.05) is 0 Å². The number of nitrogens with one attached hydrogen (secondary N) is 1. The predicted octanol–water partition coefficient (Wildman–Crippen LogP) is 5.18. The molecule has 1 aliphatic heterocycles. The number of fused-ring (bicyclic) bond motifs is 1. The summed E-state index contributed by atoms with van der Waals surface area (Å²) in [5.41, 5.74) is 0.414. The number of amides is 1. The molecule has 0 bridgehead atoms. The van der Waals surface area contributed by atoms with Crippen LogP contribution >= 0.6 is 32.9 Å². The summed E-state index contributed by atoms with van der Waals surface area (Å²) >= 11 is 1.69. The molecule has 141 valence electrons. The molecule has 0 spiro atoms. The third-order valence-electron chi connectivity index (χ3n) is 4.87. The van der Waals surface area contributed by atoms with Crippen molar-refractivity contribution in [1.82, 2.24) is 10.3 Å². The van der Waals surface area contributed by atoms with Crippen LogP contribution in [0.3, 0.4) is 0 Å². The molecule has 1 unspecified atom stereocenters. The highest BCUT2D eigenvalue weighted by atomic mass is 33.1. The first-order chi connectivity index (χ1) is 12.1. The van der Waals surface area contributed by atoms with Crippen molar-refractivity contribution >= 4 is 58.1 Å². The highest BCUT2D eigenvalue weighted by Gasteiger charge is 2.57. The number of benzene rings is 1. The number of β-lactam (4-membered cyclic amide) rings is 1. The molecule has 2 heterocycles. The molecular weight excluding hydrogens is 400 g/mol. The fraction of sp³-hybridized carbons (Fsp3) is 0.556. The van der Waals surface area contributed by atoms with Crippen LogP contribution in [-0.4, -0.2) is 30.9 Å². The van der Waals surface area contributed by atoms with Crippen molar-refractivity contribution in [2.75, 3.05) is 0 Å². The summed E-state index contributed by atoms with van der Waals surface area (Å²) in [5, 5.41) is 3.09. The van der Waals surface area contributed by atoms with E-state index in [1.54, 1.807) is 32.9 Å². The second-order valence-corrected chi connectivity index (χ2v) is 13.5. The van der Waals surface area contributed by atoms with E-state index in [1.807, 2.05) is 18.2 Å². The Hall–Kier alpha value is -0.543. The maximum Gasteiger partial charge on any atom is 0.229 e.